The number of piperidine rings is 1. The number of β-amino-alcohol motifs (C(OH)–C–C–N with tert-alkyl or cyclic N) is 1. The molecule has 2 heterocycles. The van der Waals surface area contributed by atoms with Crippen LogP contribution in [0.1, 0.15) is 29.7 Å². The van der Waals surface area contributed by atoms with Crippen LogP contribution in [-0.2, 0) is 17.5 Å². The number of amides is 1. The number of aliphatic hydroxyl groups is 1. The lowest BCUT2D eigenvalue weighted by Crippen LogP contribution is -2.53. The van der Waals surface area contributed by atoms with Crippen molar-refractivity contribution in [3.8, 4) is 5.75 Å². The van der Waals surface area contributed by atoms with Gasteiger partial charge in [0.05, 0.1) is 6.54 Å². The largest absolute Gasteiger partial charge is 0.491 e. The SMILES string of the molecule is Cc1ccc(OCC2(O)CCCN(C(=O)Cn3ccc(C(F)(F)F)n3)C2)cc1C. The van der Waals surface area contributed by atoms with E-state index in [1.54, 1.807) is 0 Å². The van der Waals surface area contributed by atoms with Crippen LogP contribution < -0.4 is 4.74 Å². The summed E-state index contributed by atoms with van der Waals surface area (Å²) in [5.41, 5.74) is -0.0408. The number of aromatic nitrogens is 2. The van der Waals surface area contributed by atoms with E-state index in [1.165, 1.54) is 4.90 Å². The average Bonchev–Trinajstić information content (AvgIpc) is 3.12. The van der Waals surface area contributed by atoms with E-state index in [2.05, 4.69) is 5.10 Å². The van der Waals surface area contributed by atoms with Gasteiger partial charge in [-0.05, 0) is 56.0 Å². The maximum Gasteiger partial charge on any atom is 0.435 e. The number of benzene rings is 1. The molecular weight excluding hydrogens is 387 g/mol. The summed E-state index contributed by atoms with van der Waals surface area (Å²) in [4.78, 5) is 13.9. The van der Waals surface area contributed by atoms with Gasteiger partial charge in [0.1, 0.15) is 24.5 Å². The zero-order valence-corrected chi connectivity index (χ0v) is 16.4. The first kappa shape index (κ1) is 21.2. The molecule has 1 N–H and O–H groups in total. The molecule has 3 rings (SSSR count). The molecule has 1 aromatic carbocycles. The number of ether oxygens (including phenoxy) is 1. The molecule has 1 unspecified atom stereocenters. The van der Waals surface area contributed by atoms with Crippen molar-refractivity contribution < 1.29 is 27.8 Å². The second-order valence-electron chi connectivity index (χ2n) is 7.57. The van der Waals surface area contributed by atoms with E-state index in [0.717, 1.165) is 28.1 Å². The van der Waals surface area contributed by atoms with Crippen LogP contribution in [0.5, 0.6) is 5.75 Å². The minimum absolute atomic E-state index is 0.0271. The van der Waals surface area contributed by atoms with Crippen molar-refractivity contribution in [2.24, 2.45) is 0 Å². The minimum atomic E-state index is -4.55. The van der Waals surface area contributed by atoms with E-state index < -0.39 is 23.4 Å². The summed E-state index contributed by atoms with van der Waals surface area (Å²) in [7, 11) is 0. The number of carbonyl (C=O) groups is 1. The summed E-state index contributed by atoms with van der Waals surface area (Å²) in [6.45, 7) is 4.16. The topological polar surface area (TPSA) is 67.6 Å². The lowest BCUT2D eigenvalue weighted by Gasteiger charge is -2.39. The summed E-state index contributed by atoms with van der Waals surface area (Å²) < 4.78 is 44.6. The first-order chi connectivity index (χ1) is 13.6. The first-order valence-corrected chi connectivity index (χ1v) is 9.37. The quantitative estimate of drug-likeness (QED) is 0.822. The third kappa shape index (κ3) is 5.29. The molecule has 6 nitrogen and oxygen atoms in total. The molecule has 0 spiro atoms. The lowest BCUT2D eigenvalue weighted by atomic mass is 9.93. The molecule has 0 aliphatic carbocycles. The van der Waals surface area contributed by atoms with Crippen molar-refractivity contribution in [3.63, 3.8) is 0 Å². The van der Waals surface area contributed by atoms with Crippen LogP contribution in [-0.4, -0.2) is 51.0 Å². The zero-order valence-electron chi connectivity index (χ0n) is 16.4. The van der Waals surface area contributed by atoms with Gasteiger partial charge in [0, 0.05) is 12.7 Å². The summed E-state index contributed by atoms with van der Waals surface area (Å²) in [6, 6.07) is 6.48. The number of halogens is 3. The number of nitrogens with zero attached hydrogens (tertiary/aromatic N) is 3. The highest BCUT2D eigenvalue weighted by molar-refractivity contribution is 5.76. The molecular formula is C20H24F3N3O3. The maximum atomic E-state index is 12.6. The van der Waals surface area contributed by atoms with Crippen LogP contribution in [0.2, 0.25) is 0 Å². The van der Waals surface area contributed by atoms with Crippen molar-refractivity contribution in [2.45, 2.75) is 45.0 Å². The Morgan fingerprint density at radius 2 is 2.03 bits per heavy atom. The van der Waals surface area contributed by atoms with E-state index in [4.69, 9.17) is 4.74 Å². The molecule has 1 amide bonds. The van der Waals surface area contributed by atoms with Crippen LogP contribution in [0.4, 0.5) is 13.2 Å². The van der Waals surface area contributed by atoms with Crippen LogP contribution in [0.15, 0.2) is 30.5 Å². The Balaban J connectivity index is 1.59. The summed E-state index contributed by atoms with van der Waals surface area (Å²) in [5.74, 6) is 0.243. The van der Waals surface area contributed by atoms with Gasteiger partial charge >= 0.3 is 6.18 Å². The lowest BCUT2D eigenvalue weighted by molar-refractivity contribution is -0.143. The average molecular weight is 411 g/mol. The number of carbonyl (C=O) groups excluding carboxylic acids is 1. The molecule has 2 aromatic rings. The van der Waals surface area contributed by atoms with Gasteiger partial charge in [-0.1, -0.05) is 6.07 Å². The molecule has 29 heavy (non-hydrogen) atoms. The first-order valence-electron chi connectivity index (χ1n) is 9.37. The fraction of sp³-hybridized carbons (Fsp3) is 0.500. The van der Waals surface area contributed by atoms with Gasteiger partial charge in [-0.15, -0.1) is 0 Å². The van der Waals surface area contributed by atoms with Crippen LogP contribution >= 0.6 is 0 Å². The normalized spacial score (nSPS) is 20.0. The number of hydrogen-bond acceptors (Lipinski definition) is 4. The Kier molecular flexibility index (Phi) is 5.88. The van der Waals surface area contributed by atoms with Crippen molar-refractivity contribution in [2.75, 3.05) is 19.7 Å². The monoisotopic (exact) mass is 411 g/mol. The molecule has 1 saturated heterocycles. The van der Waals surface area contributed by atoms with Gasteiger partial charge in [0.2, 0.25) is 5.91 Å². The second-order valence-corrected chi connectivity index (χ2v) is 7.57. The fourth-order valence-electron chi connectivity index (χ4n) is 3.30. The van der Waals surface area contributed by atoms with Crippen molar-refractivity contribution >= 4 is 5.91 Å². The van der Waals surface area contributed by atoms with Crippen molar-refractivity contribution in [3.05, 3.63) is 47.3 Å². The highest BCUT2D eigenvalue weighted by Crippen LogP contribution is 2.27. The Bertz CT molecular complexity index is 881. The predicted octanol–water partition coefficient (Wildman–Crippen LogP) is 2.95. The van der Waals surface area contributed by atoms with Crippen LogP contribution in [0.3, 0.4) is 0 Å². The van der Waals surface area contributed by atoms with Crippen molar-refractivity contribution in [1.29, 1.82) is 0 Å². The van der Waals surface area contributed by atoms with Crippen LogP contribution in [0.25, 0.3) is 0 Å². The minimum Gasteiger partial charge on any atom is -0.491 e. The number of aryl methyl sites for hydroxylation is 2. The molecule has 0 saturated carbocycles. The van der Waals surface area contributed by atoms with E-state index in [9.17, 15) is 23.1 Å². The summed E-state index contributed by atoms with van der Waals surface area (Å²) in [5, 5.41) is 14.3. The third-order valence-electron chi connectivity index (χ3n) is 5.12. The molecule has 1 aromatic heterocycles. The van der Waals surface area contributed by atoms with E-state index in [0.29, 0.717) is 25.1 Å². The highest BCUT2D eigenvalue weighted by Gasteiger charge is 2.37. The van der Waals surface area contributed by atoms with E-state index >= 15 is 0 Å². The molecule has 0 radical (unpaired) electrons. The Morgan fingerprint density at radius 1 is 1.28 bits per heavy atom. The third-order valence-corrected chi connectivity index (χ3v) is 5.12. The van der Waals surface area contributed by atoms with Gasteiger partial charge < -0.3 is 14.7 Å². The van der Waals surface area contributed by atoms with E-state index in [-0.39, 0.29) is 19.7 Å². The summed E-state index contributed by atoms with van der Waals surface area (Å²) in [6.07, 6.45) is -2.38. The molecule has 9 heteroatoms. The number of likely N-dealkylation sites (tertiary alicyclic amines) is 1. The highest BCUT2D eigenvalue weighted by atomic mass is 19.4. The standard InChI is InChI=1S/C20H24F3N3O3/c1-14-4-5-16(10-15(14)2)29-13-19(28)7-3-8-25(12-19)18(27)11-26-9-6-17(24-26)20(21,22)23/h4-6,9-10,28H,3,7-8,11-13H2,1-2H3. The Morgan fingerprint density at radius 3 is 2.69 bits per heavy atom. The number of hydrogen-bond donors (Lipinski definition) is 1. The molecule has 1 fully saturated rings. The molecule has 1 aliphatic heterocycles. The van der Waals surface area contributed by atoms with Gasteiger partial charge in [0.25, 0.3) is 0 Å². The predicted molar refractivity (Wildman–Crippen MR) is 99.4 cm³/mol. The fourth-order valence-corrected chi connectivity index (χ4v) is 3.30. The van der Waals surface area contributed by atoms with E-state index in [1.807, 2.05) is 32.0 Å². The smallest absolute Gasteiger partial charge is 0.435 e. The Labute approximate surface area is 166 Å². The van der Waals surface area contributed by atoms with Gasteiger partial charge in [0.15, 0.2) is 5.69 Å². The van der Waals surface area contributed by atoms with Gasteiger partial charge in [-0.25, -0.2) is 0 Å². The molecule has 158 valence electrons. The van der Waals surface area contributed by atoms with Crippen LogP contribution in [0, 0.1) is 13.8 Å². The van der Waals surface area contributed by atoms with Gasteiger partial charge in [-0.3, -0.25) is 9.48 Å². The molecule has 1 atom stereocenters. The second kappa shape index (κ2) is 8.06. The Hall–Kier alpha value is -2.55. The number of alkyl halides is 3. The molecule has 1 aliphatic rings. The zero-order chi connectivity index (χ0) is 21.2. The van der Waals surface area contributed by atoms with Crippen molar-refractivity contribution in [1.82, 2.24) is 14.7 Å². The number of rotatable bonds is 5. The molecule has 0 bridgehead atoms. The van der Waals surface area contributed by atoms with Gasteiger partial charge in [-0.2, -0.15) is 18.3 Å². The maximum absolute atomic E-state index is 12.6. The summed E-state index contributed by atoms with van der Waals surface area (Å²) >= 11 is 0.